The van der Waals surface area contributed by atoms with Crippen LogP contribution < -0.4 is 9.46 Å². The van der Waals surface area contributed by atoms with Crippen LogP contribution in [0.1, 0.15) is 0 Å². The molecule has 0 saturated heterocycles. The number of hydrogen-bond donors (Lipinski definition) is 1. The van der Waals surface area contributed by atoms with Crippen molar-refractivity contribution in [1.82, 2.24) is 0 Å². The molecule has 22 heavy (non-hydrogen) atoms. The number of benzene rings is 2. The maximum Gasteiger partial charge on any atom is 0.263 e. The Morgan fingerprint density at radius 1 is 1.09 bits per heavy atom. The highest BCUT2D eigenvalue weighted by atomic mass is 35.5. The van der Waals surface area contributed by atoms with Crippen LogP contribution in [0.4, 0.5) is 14.5 Å². The van der Waals surface area contributed by atoms with Gasteiger partial charge in [0.05, 0.1) is 17.8 Å². The highest BCUT2D eigenvalue weighted by Crippen LogP contribution is 2.37. The van der Waals surface area contributed by atoms with Gasteiger partial charge in [-0.05, 0) is 24.3 Å². The predicted octanol–water partition coefficient (Wildman–Crippen LogP) is 4.08. The second-order valence-electron chi connectivity index (χ2n) is 4.12. The van der Waals surface area contributed by atoms with Gasteiger partial charge in [0.2, 0.25) is 0 Å². The van der Waals surface area contributed by atoms with Gasteiger partial charge in [0.1, 0.15) is 27.3 Å². The number of methoxy groups -OCH3 is 1. The molecular formula is C13H9Cl2F2NO3S. The van der Waals surface area contributed by atoms with Gasteiger partial charge in [-0.1, -0.05) is 23.2 Å². The molecule has 0 fully saturated rings. The molecule has 0 bridgehead atoms. The van der Waals surface area contributed by atoms with Gasteiger partial charge in [0.15, 0.2) is 0 Å². The highest BCUT2D eigenvalue weighted by Gasteiger charge is 2.23. The molecule has 1 N–H and O–H groups in total. The Morgan fingerprint density at radius 2 is 1.77 bits per heavy atom. The lowest BCUT2D eigenvalue weighted by Crippen LogP contribution is -2.14. The summed E-state index contributed by atoms with van der Waals surface area (Å²) in [6, 6.07) is 4.91. The van der Waals surface area contributed by atoms with Crippen molar-refractivity contribution in [3.8, 4) is 5.75 Å². The number of hydrogen-bond acceptors (Lipinski definition) is 3. The van der Waals surface area contributed by atoms with Crippen molar-refractivity contribution < 1.29 is 21.9 Å². The van der Waals surface area contributed by atoms with E-state index in [1.54, 1.807) is 0 Å². The fourth-order valence-corrected chi connectivity index (χ4v) is 3.56. The molecule has 0 aromatic heterocycles. The first-order valence-electron chi connectivity index (χ1n) is 5.76. The van der Waals surface area contributed by atoms with Crippen molar-refractivity contribution in [3.05, 3.63) is 52.0 Å². The first kappa shape index (κ1) is 16.8. The topological polar surface area (TPSA) is 55.4 Å². The summed E-state index contributed by atoms with van der Waals surface area (Å²) in [6.45, 7) is 0. The Hall–Kier alpha value is -1.57. The molecule has 2 aromatic carbocycles. The molecule has 118 valence electrons. The molecule has 0 spiro atoms. The van der Waals surface area contributed by atoms with E-state index in [4.69, 9.17) is 27.9 Å². The third-order valence-electron chi connectivity index (χ3n) is 2.70. The maximum atomic E-state index is 13.5. The zero-order valence-electron chi connectivity index (χ0n) is 11.0. The lowest BCUT2D eigenvalue weighted by atomic mass is 10.3. The van der Waals surface area contributed by atoms with Crippen molar-refractivity contribution in [2.24, 2.45) is 0 Å². The van der Waals surface area contributed by atoms with Crippen LogP contribution in [-0.2, 0) is 10.0 Å². The van der Waals surface area contributed by atoms with E-state index < -0.39 is 27.3 Å². The van der Waals surface area contributed by atoms with Crippen molar-refractivity contribution in [2.45, 2.75) is 4.90 Å². The summed E-state index contributed by atoms with van der Waals surface area (Å²) in [5, 5.41) is -0.359. The van der Waals surface area contributed by atoms with E-state index in [9.17, 15) is 17.2 Å². The van der Waals surface area contributed by atoms with Crippen molar-refractivity contribution in [3.63, 3.8) is 0 Å². The molecular weight excluding hydrogens is 359 g/mol. The summed E-state index contributed by atoms with van der Waals surface area (Å²) in [7, 11) is -2.87. The third kappa shape index (κ3) is 3.26. The molecule has 0 aliphatic heterocycles. The summed E-state index contributed by atoms with van der Waals surface area (Å²) in [6.07, 6.45) is 0. The Morgan fingerprint density at radius 3 is 2.36 bits per heavy atom. The van der Waals surface area contributed by atoms with Crippen LogP contribution in [0.3, 0.4) is 0 Å². The van der Waals surface area contributed by atoms with E-state index >= 15 is 0 Å². The minimum atomic E-state index is -4.21. The van der Waals surface area contributed by atoms with E-state index in [1.807, 2.05) is 4.72 Å². The van der Waals surface area contributed by atoms with Gasteiger partial charge in [0, 0.05) is 6.07 Å². The van der Waals surface area contributed by atoms with Crippen LogP contribution in [-0.4, -0.2) is 15.5 Å². The fraction of sp³-hybridized carbons (Fsp3) is 0.0769. The molecule has 0 unspecified atom stereocenters. The summed E-state index contributed by atoms with van der Waals surface area (Å²) in [5.74, 6) is -1.69. The monoisotopic (exact) mass is 367 g/mol. The maximum absolute atomic E-state index is 13.5. The predicted molar refractivity (Wildman–Crippen MR) is 80.2 cm³/mol. The molecule has 0 aliphatic carbocycles. The molecule has 9 heteroatoms. The third-order valence-corrected chi connectivity index (χ3v) is 5.08. The lowest BCUT2D eigenvalue weighted by Gasteiger charge is -2.12. The van der Waals surface area contributed by atoms with E-state index in [2.05, 4.69) is 0 Å². The Balaban J connectivity index is 2.45. The molecule has 0 heterocycles. The van der Waals surface area contributed by atoms with Gasteiger partial charge in [-0.3, -0.25) is 4.72 Å². The van der Waals surface area contributed by atoms with Crippen LogP contribution in [0, 0.1) is 11.6 Å². The van der Waals surface area contributed by atoms with Crippen LogP contribution in [0.25, 0.3) is 0 Å². The number of halogens is 4. The average molecular weight is 368 g/mol. The fourth-order valence-electron chi connectivity index (χ4n) is 1.65. The highest BCUT2D eigenvalue weighted by molar-refractivity contribution is 7.92. The number of rotatable bonds is 4. The Labute approximate surface area is 135 Å². The van der Waals surface area contributed by atoms with Crippen LogP contribution >= 0.6 is 23.2 Å². The van der Waals surface area contributed by atoms with E-state index in [1.165, 1.54) is 13.2 Å². The zero-order valence-corrected chi connectivity index (χ0v) is 13.4. The van der Waals surface area contributed by atoms with Crippen molar-refractivity contribution in [1.29, 1.82) is 0 Å². The molecule has 2 rings (SSSR count). The van der Waals surface area contributed by atoms with Crippen LogP contribution in [0.5, 0.6) is 5.75 Å². The summed E-state index contributed by atoms with van der Waals surface area (Å²) >= 11 is 11.8. The summed E-state index contributed by atoms with van der Waals surface area (Å²) < 4.78 is 57.8. The average Bonchev–Trinajstić information content (AvgIpc) is 2.44. The number of sulfonamides is 1. The standard InChI is InChI=1S/C13H9Cl2F2NO3S/c1-21-10-4-5-11(13(15)12(10)14)22(19,20)18-9-3-2-7(16)6-8(9)17/h2-6,18H,1H3. The summed E-state index contributed by atoms with van der Waals surface area (Å²) in [5.41, 5.74) is -0.413. The summed E-state index contributed by atoms with van der Waals surface area (Å²) in [4.78, 5) is -0.358. The first-order valence-corrected chi connectivity index (χ1v) is 8.00. The molecule has 0 radical (unpaired) electrons. The van der Waals surface area contributed by atoms with E-state index in [0.29, 0.717) is 6.07 Å². The van der Waals surface area contributed by atoms with Gasteiger partial charge < -0.3 is 4.74 Å². The van der Waals surface area contributed by atoms with Gasteiger partial charge >= 0.3 is 0 Å². The Bertz CT molecular complexity index is 828. The minimum absolute atomic E-state index is 0.0911. The number of anilines is 1. The second-order valence-corrected chi connectivity index (χ2v) is 6.53. The van der Waals surface area contributed by atoms with Gasteiger partial charge in [0.25, 0.3) is 10.0 Å². The molecule has 4 nitrogen and oxygen atoms in total. The molecule has 2 aromatic rings. The smallest absolute Gasteiger partial charge is 0.263 e. The quantitative estimate of drug-likeness (QED) is 0.885. The normalized spacial score (nSPS) is 11.3. The molecule has 0 atom stereocenters. The van der Waals surface area contributed by atoms with Crippen molar-refractivity contribution in [2.75, 3.05) is 11.8 Å². The minimum Gasteiger partial charge on any atom is -0.495 e. The van der Waals surface area contributed by atoms with Crippen LogP contribution in [0.2, 0.25) is 10.0 Å². The van der Waals surface area contributed by atoms with Gasteiger partial charge in [-0.25, -0.2) is 17.2 Å². The number of ether oxygens (including phenoxy) is 1. The van der Waals surface area contributed by atoms with Gasteiger partial charge in [-0.2, -0.15) is 0 Å². The lowest BCUT2D eigenvalue weighted by molar-refractivity contribution is 0.414. The largest absolute Gasteiger partial charge is 0.495 e. The van der Waals surface area contributed by atoms with E-state index in [0.717, 1.165) is 18.2 Å². The molecule has 0 aliphatic rings. The SMILES string of the molecule is COc1ccc(S(=O)(=O)Nc2ccc(F)cc2F)c(Cl)c1Cl. The second kappa shape index (κ2) is 6.28. The molecule has 0 saturated carbocycles. The van der Waals surface area contributed by atoms with Gasteiger partial charge in [-0.15, -0.1) is 0 Å². The van der Waals surface area contributed by atoms with Crippen molar-refractivity contribution >= 4 is 38.9 Å². The Kier molecular flexibility index (Phi) is 4.79. The zero-order chi connectivity index (χ0) is 16.5. The van der Waals surface area contributed by atoms with E-state index in [-0.39, 0.29) is 20.7 Å². The van der Waals surface area contributed by atoms with Crippen LogP contribution in [0.15, 0.2) is 35.2 Å². The molecule has 0 amide bonds. The number of nitrogens with one attached hydrogen (secondary N) is 1. The first-order chi connectivity index (χ1) is 10.3.